The van der Waals surface area contributed by atoms with Crippen molar-refractivity contribution in [3.05, 3.63) is 59.0 Å². The molecule has 4 rings (SSSR count). The molecule has 19 heavy (non-hydrogen) atoms. The summed E-state index contributed by atoms with van der Waals surface area (Å²) in [6.07, 6.45) is 0. The maximum absolute atomic E-state index is 12.2. The van der Waals surface area contributed by atoms with Gasteiger partial charge in [-0.1, -0.05) is 36.4 Å². The van der Waals surface area contributed by atoms with Gasteiger partial charge in [-0.3, -0.25) is 0 Å². The summed E-state index contributed by atoms with van der Waals surface area (Å²) in [7, 11) is 1.90. The first-order valence-electron chi connectivity index (χ1n) is 6.16. The first-order valence-corrected chi connectivity index (χ1v) is 6.16. The van der Waals surface area contributed by atoms with Crippen LogP contribution >= 0.6 is 0 Å². The molecule has 3 nitrogen and oxygen atoms in total. The van der Waals surface area contributed by atoms with Gasteiger partial charge in [-0.15, -0.1) is 0 Å². The quantitative estimate of drug-likeness (QED) is 0.447. The second-order valence-corrected chi connectivity index (χ2v) is 4.69. The van der Waals surface area contributed by atoms with Crippen LogP contribution < -0.4 is 5.63 Å². The molecule has 2 heterocycles. The smallest absolute Gasteiger partial charge is 0.361 e. The summed E-state index contributed by atoms with van der Waals surface area (Å²) >= 11 is 0. The Kier molecular flexibility index (Phi) is 1.90. The van der Waals surface area contributed by atoms with Crippen molar-refractivity contribution in [1.29, 1.82) is 0 Å². The fourth-order valence-electron chi connectivity index (χ4n) is 2.82. The summed E-state index contributed by atoms with van der Waals surface area (Å²) in [5, 5.41) is 3.04. The highest BCUT2D eigenvalue weighted by Crippen LogP contribution is 2.31. The lowest BCUT2D eigenvalue weighted by molar-refractivity contribution is 0.566. The SMILES string of the molecule is Cn1c2ccccc2c2c3ccccc3oc(=O)c21. The van der Waals surface area contributed by atoms with Gasteiger partial charge in [0.05, 0.1) is 0 Å². The second-order valence-electron chi connectivity index (χ2n) is 4.69. The molecule has 0 aliphatic heterocycles. The third kappa shape index (κ3) is 1.24. The Balaban J connectivity index is 2.49. The van der Waals surface area contributed by atoms with E-state index in [1.165, 1.54) is 0 Å². The number of hydrogen-bond acceptors (Lipinski definition) is 2. The van der Waals surface area contributed by atoms with Crippen LogP contribution in [0.25, 0.3) is 32.8 Å². The van der Waals surface area contributed by atoms with Crippen molar-refractivity contribution < 1.29 is 4.42 Å². The largest absolute Gasteiger partial charge is 0.421 e. The Bertz CT molecular complexity index is 992. The average Bonchev–Trinajstić information content (AvgIpc) is 2.74. The minimum Gasteiger partial charge on any atom is -0.421 e. The van der Waals surface area contributed by atoms with E-state index in [0.717, 1.165) is 21.7 Å². The maximum atomic E-state index is 12.2. The summed E-state index contributed by atoms with van der Waals surface area (Å²) in [4.78, 5) is 12.2. The van der Waals surface area contributed by atoms with Crippen LogP contribution in [0.2, 0.25) is 0 Å². The number of rotatable bonds is 0. The Hall–Kier alpha value is -2.55. The van der Waals surface area contributed by atoms with Gasteiger partial charge in [0.2, 0.25) is 0 Å². The molecule has 0 radical (unpaired) electrons. The minimum absolute atomic E-state index is 0.285. The lowest BCUT2D eigenvalue weighted by Gasteiger charge is -1.99. The lowest BCUT2D eigenvalue weighted by Crippen LogP contribution is -2.03. The van der Waals surface area contributed by atoms with Crippen LogP contribution in [0, 0.1) is 0 Å². The molecule has 0 aliphatic carbocycles. The van der Waals surface area contributed by atoms with Crippen LogP contribution in [0.3, 0.4) is 0 Å². The molecular formula is C16H11NO2. The van der Waals surface area contributed by atoms with Crippen LogP contribution in [-0.2, 0) is 7.05 Å². The van der Waals surface area contributed by atoms with Gasteiger partial charge in [0.15, 0.2) is 0 Å². The van der Waals surface area contributed by atoms with Crippen molar-refractivity contribution in [3.63, 3.8) is 0 Å². The van der Waals surface area contributed by atoms with Gasteiger partial charge in [0.1, 0.15) is 11.1 Å². The van der Waals surface area contributed by atoms with Gasteiger partial charge in [0.25, 0.3) is 0 Å². The van der Waals surface area contributed by atoms with E-state index in [1.807, 2.05) is 60.1 Å². The molecule has 4 aromatic rings. The fraction of sp³-hybridized carbons (Fsp3) is 0.0625. The number of aryl methyl sites for hydroxylation is 1. The van der Waals surface area contributed by atoms with Crippen LogP contribution in [0.4, 0.5) is 0 Å². The predicted molar refractivity (Wildman–Crippen MR) is 76.5 cm³/mol. The maximum Gasteiger partial charge on any atom is 0.361 e. The number of fused-ring (bicyclic) bond motifs is 5. The summed E-state index contributed by atoms with van der Waals surface area (Å²) in [6.45, 7) is 0. The third-order valence-electron chi connectivity index (χ3n) is 3.66. The van der Waals surface area contributed by atoms with Gasteiger partial charge in [0, 0.05) is 28.7 Å². The monoisotopic (exact) mass is 249 g/mol. The topological polar surface area (TPSA) is 35.1 Å². The zero-order valence-electron chi connectivity index (χ0n) is 10.4. The van der Waals surface area contributed by atoms with E-state index in [-0.39, 0.29) is 5.63 Å². The standard InChI is InChI=1S/C16H11NO2/c1-17-12-8-4-2-6-10(12)14-11-7-3-5-9-13(11)19-16(18)15(14)17/h2-9H,1H3. The molecular weight excluding hydrogens is 238 g/mol. The zero-order valence-corrected chi connectivity index (χ0v) is 10.4. The second kappa shape index (κ2) is 3.48. The molecule has 0 saturated carbocycles. The summed E-state index contributed by atoms with van der Waals surface area (Å²) in [5.41, 5.74) is 2.02. The first kappa shape index (κ1) is 10.4. The number of aromatic nitrogens is 1. The molecule has 0 spiro atoms. The lowest BCUT2D eigenvalue weighted by atomic mass is 10.1. The van der Waals surface area contributed by atoms with Crippen molar-refractivity contribution >= 4 is 32.8 Å². The molecule has 0 unspecified atom stereocenters. The minimum atomic E-state index is -0.285. The summed E-state index contributed by atoms with van der Waals surface area (Å²) in [6, 6.07) is 15.7. The van der Waals surface area contributed by atoms with E-state index in [0.29, 0.717) is 11.1 Å². The van der Waals surface area contributed by atoms with Crippen LogP contribution in [0.15, 0.2) is 57.7 Å². The Labute approximate surface area is 108 Å². The van der Waals surface area contributed by atoms with Crippen molar-refractivity contribution in [1.82, 2.24) is 4.57 Å². The first-order chi connectivity index (χ1) is 9.27. The summed E-state index contributed by atoms with van der Waals surface area (Å²) < 4.78 is 7.31. The van der Waals surface area contributed by atoms with E-state index in [1.54, 1.807) is 0 Å². The molecule has 2 aromatic carbocycles. The molecule has 0 aliphatic rings. The van der Waals surface area contributed by atoms with Crippen molar-refractivity contribution in [2.45, 2.75) is 0 Å². The molecule has 0 atom stereocenters. The molecule has 3 heteroatoms. The molecule has 92 valence electrons. The molecule has 0 bridgehead atoms. The van der Waals surface area contributed by atoms with Gasteiger partial charge in [-0.25, -0.2) is 4.79 Å². The predicted octanol–water partition coefficient (Wildman–Crippen LogP) is 3.44. The number of nitrogens with zero attached hydrogens (tertiary/aromatic N) is 1. The zero-order chi connectivity index (χ0) is 13.0. The third-order valence-corrected chi connectivity index (χ3v) is 3.66. The van der Waals surface area contributed by atoms with Crippen LogP contribution in [0.5, 0.6) is 0 Å². The highest BCUT2D eigenvalue weighted by Gasteiger charge is 2.15. The number of para-hydroxylation sites is 2. The molecule has 2 aromatic heterocycles. The van der Waals surface area contributed by atoms with Crippen LogP contribution in [-0.4, -0.2) is 4.57 Å². The molecule has 0 amide bonds. The van der Waals surface area contributed by atoms with E-state index in [9.17, 15) is 4.79 Å². The Morgan fingerprint density at radius 1 is 0.947 bits per heavy atom. The van der Waals surface area contributed by atoms with Crippen molar-refractivity contribution in [3.8, 4) is 0 Å². The Morgan fingerprint density at radius 3 is 2.47 bits per heavy atom. The van der Waals surface area contributed by atoms with E-state index >= 15 is 0 Å². The molecule has 0 saturated heterocycles. The molecule has 0 N–H and O–H groups in total. The van der Waals surface area contributed by atoms with Crippen molar-refractivity contribution in [2.24, 2.45) is 7.05 Å². The van der Waals surface area contributed by atoms with E-state index < -0.39 is 0 Å². The number of hydrogen-bond donors (Lipinski definition) is 0. The van der Waals surface area contributed by atoms with Gasteiger partial charge in [-0.05, 0) is 12.1 Å². The van der Waals surface area contributed by atoms with Gasteiger partial charge in [-0.2, -0.15) is 0 Å². The van der Waals surface area contributed by atoms with Crippen LogP contribution in [0.1, 0.15) is 0 Å². The normalized spacial score (nSPS) is 11.6. The number of benzene rings is 2. The highest BCUT2D eigenvalue weighted by atomic mass is 16.4. The van der Waals surface area contributed by atoms with Gasteiger partial charge >= 0.3 is 5.63 Å². The average molecular weight is 249 g/mol. The fourth-order valence-corrected chi connectivity index (χ4v) is 2.82. The van der Waals surface area contributed by atoms with E-state index in [4.69, 9.17) is 4.42 Å². The van der Waals surface area contributed by atoms with Gasteiger partial charge < -0.3 is 8.98 Å². The van der Waals surface area contributed by atoms with E-state index in [2.05, 4.69) is 0 Å². The van der Waals surface area contributed by atoms with Crippen molar-refractivity contribution in [2.75, 3.05) is 0 Å². The summed E-state index contributed by atoms with van der Waals surface area (Å²) in [5.74, 6) is 0. The molecule has 0 fully saturated rings. The Morgan fingerprint density at radius 2 is 1.63 bits per heavy atom. The highest BCUT2D eigenvalue weighted by molar-refractivity contribution is 6.18.